The predicted octanol–water partition coefficient (Wildman–Crippen LogP) is 18.2. The number of carbonyl (C=O) groups excluding carboxylic acids is 3. The molecule has 7 heteroatoms. The molecule has 7 nitrogen and oxygen atoms in total. The van der Waals surface area contributed by atoms with Crippen LogP contribution in [0, 0.1) is 125 Å². The molecule has 10 aliphatic carbocycles. The summed E-state index contributed by atoms with van der Waals surface area (Å²) in [5.74, 6) is 7.85. The van der Waals surface area contributed by atoms with Gasteiger partial charge in [0, 0.05) is 20.8 Å². The third-order valence-electron chi connectivity index (χ3n) is 31.6. The van der Waals surface area contributed by atoms with Crippen LogP contribution in [0.1, 0.15) is 285 Å². The molecule has 0 N–H and O–H groups in total. The zero-order valence-electron chi connectivity index (χ0n) is 54.7. The fourth-order valence-electron chi connectivity index (χ4n) is 27.8. The van der Waals surface area contributed by atoms with E-state index in [0.29, 0.717) is 90.2 Å². The quantitative estimate of drug-likeness (QED) is 0.192. The summed E-state index contributed by atoms with van der Waals surface area (Å²) < 4.78 is 19.6. The Morgan fingerprint density at radius 1 is 0.475 bits per heavy atom. The van der Waals surface area contributed by atoms with Gasteiger partial charge in [0.2, 0.25) is 5.91 Å². The van der Waals surface area contributed by atoms with Gasteiger partial charge in [0.15, 0.2) is 0 Å². The number of rotatable bonds is 11. The van der Waals surface area contributed by atoms with E-state index in [1.807, 2.05) is 4.90 Å². The minimum atomic E-state index is -0.713. The Labute approximate surface area is 490 Å². The number of carbonyl (C=O) groups is 3. The minimum absolute atomic E-state index is 0.0603. The highest BCUT2D eigenvalue weighted by Crippen LogP contribution is 2.80. The summed E-state index contributed by atoms with van der Waals surface area (Å²) in [7, 11) is 0. The SMILES string of the molecule is CC(=O)O[C@H]1CN(C(C)=O)C(CC[C@@H](C)[C@H]2CC[C@]3(C)[C@H]4CC[C@@H]5[C@@]6(C)CCCC(C)(C)[C@@H]6CC[C@@]5(C)[C@]4(C)CC[C@@H]23)O[C@@H]1[C@@H](CC[C@@H](C)[C@H]1CC[C@]2(C)[C@H]3CC[C@@H]4[C@@]5(C)CCCC(C)(C)[C@@H]5CC[C@@]4(C)[C@]3(C)CC[C@@H]12)OC(C)=O. The number of esters is 2. The van der Waals surface area contributed by atoms with Crippen LogP contribution in [0.4, 0.5) is 0 Å². The van der Waals surface area contributed by atoms with Crippen molar-refractivity contribution in [1.29, 1.82) is 0 Å². The van der Waals surface area contributed by atoms with Crippen LogP contribution in [0.5, 0.6) is 0 Å². The Balaban J connectivity index is 0.758. The van der Waals surface area contributed by atoms with Gasteiger partial charge in [-0.25, -0.2) is 0 Å². The lowest BCUT2D eigenvalue weighted by Gasteiger charge is -2.73. The van der Waals surface area contributed by atoms with E-state index in [9.17, 15) is 14.4 Å². The second-order valence-electron chi connectivity index (χ2n) is 35.3. The van der Waals surface area contributed by atoms with Gasteiger partial charge in [-0.2, -0.15) is 0 Å². The normalized spacial score (nSPS) is 51.0. The van der Waals surface area contributed by atoms with Gasteiger partial charge in [0.05, 0.1) is 6.54 Å². The van der Waals surface area contributed by atoms with Crippen molar-refractivity contribution in [2.24, 2.45) is 125 Å². The highest BCUT2D eigenvalue weighted by Gasteiger charge is 2.72. The first kappa shape index (κ1) is 60.1. The number of nitrogens with zero attached hydrogens (tertiary/aromatic N) is 1. The topological polar surface area (TPSA) is 82.1 Å². The maximum absolute atomic E-state index is 13.7. The van der Waals surface area contributed by atoms with E-state index in [0.717, 1.165) is 60.7 Å². The van der Waals surface area contributed by atoms with Gasteiger partial charge in [-0.3, -0.25) is 14.4 Å². The van der Waals surface area contributed by atoms with Crippen molar-refractivity contribution in [3.63, 3.8) is 0 Å². The average Bonchev–Trinajstić information content (AvgIpc) is 4.01. The molecule has 0 aromatic heterocycles. The second-order valence-corrected chi connectivity index (χ2v) is 35.3. The lowest BCUT2D eigenvalue weighted by atomic mass is 9.32. The molecule has 11 aliphatic rings. The van der Waals surface area contributed by atoms with E-state index in [2.05, 4.69) is 96.9 Å². The highest BCUT2D eigenvalue weighted by molar-refractivity contribution is 5.74. The van der Waals surface area contributed by atoms with Crippen LogP contribution in [0.2, 0.25) is 0 Å². The monoisotopic (exact) mass is 1110 g/mol. The third-order valence-corrected chi connectivity index (χ3v) is 31.6. The summed E-state index contributed by atoms with van der Waals surface area (Å²) in [6.07, 6.45) is 31.3. The Bertz CT molecular complexity index is 2340. The molecule has 0 aromatic carbocycles. The van der Waals surface area contributed by atoms with Gasteiger partial charge in [-0.05, 0) is 279 Å². The summed E-state index contributed by atoms with van der Waals surface area (Å²) in [6.45, 7) is 42.4. The first-order valence-corrected chi connectivity index (χ1v) is 34.6. The molecule has 454 valence electrons. The van der Waals surface area contributed by atoms with Crippen molar-refractivity contribution in [1.82, 2.24) is 4.90 Å². The highest BCUT2D eigenvalue weighted by atomic mass is 16.6. The van der Waals surface area contributed by atoms with Crippen LogP contribution < -0.4 is 0 Å². The van der Waals surface area contributed by atoms with Crippen LogP contribution in [-0.2, 0) is 28.6 Å². The lowest BCUT2D eigenvalue weighted by molar-refractivity contribution is -0.242. The molecule has 0 radical (unpaired) electrons. The number of fused-ring (bicyclic) bond motifs is 14. The molecular formula is C73H121NO6. The maximum atomic E-state index is 13.7. The molecule has 0 spiro atoms. The maximum Gasteiger partial charge on any atom is 0.303 e. The van der Waals surface area contributed by atoms with E-state index < -0.39 is 30.5 Å². The van der Waals surface area contributed by atoms with E-state index in [-0.39, 0.29) is 18.4 Å². The second kappa shape index (κ2) is 20.5. The number of amides is 1. The van der Waals surface area contributed by atoms with Crippen molar-refractivity contribution >= 4 is 17.8 Å². The van der Waals surface area contributed by atoms with Gasteiger partial charge < -0.3 is 19.1 Å². The Hall–Kier alpha value is -1.63. The Morgan fingerprint density at radius 2 is 0.900 bits per heavy atom. The van der Waals surface area contributed by atoms with Gasteiger partial charge in [0.1, 0.15) is 24.5 Å². The first-order chi connectivity index (χ1) is 37.3. The fraction of sp³-hybridized carbons (Fsp3) is 0.959. The molecule has 1 unspecified atom stereocenters. The molecule has 1 amide bonds. The van der Waals surface area contributed by atoms with Crippen molar-refractivity contribution in [2.45, 2.75) is 309 Å². The summed E-state index contributed by atoms with van der Waals surface area (Å²) in [5, 5.41) is 0. The van der Waals surface area contributed by atoms with Gasteiger partial charge in [-0.15, -0.1) is 0 Å². The van der Waals surface area contributed by atoms with Crippen LogP contribution >= 0.6 is 0 Å². The standard InChI is InChI=1S/C73H121NO6/c1-45(50-28-38-66(10)52(50)30-40-70(14)58(66)23-25-60-68(12)36-18-34-64(6,7)56(68)32-42-72(60,70)16)20-22-54(78-48(4)76)63-55(79-49(5)77)44-74(47(3)75)62(80-63)27-21-46(2)51-29-39-67(11)53(51)31-41-71(15)59(67)24-26-61-69(13)37-19-35-65(8,9)57(69)33-43-73(61,71)17/h45-46,50-63H,18-44H2,1-17H3/t45-,46-,50-,51-,52+,53+,54-,55+,56+,57+,58-,59-,60-,61-,62?,63-,66+,67+,68+,69+,70-,71-,72-,73-/m1/s1. The van der Waals surface area contributed by atoms with Crippen molar-refractivity contribution in [3.8, 4) is 0 Å². The molecular weight excluding hydrogens is 987 g/mol. The van der Waals surface area contributed by atoms with Crippen LogP contribution in [0.15, 0.2) is 0 Å². The summed E-state index contributed by atoms with van der Waals surface area (Å²) in [6, 6.07) is 0. The zero-order valence-corrected chi connectivity index (χ0v) is 54.7. The van der Waals surface area contributed by atoms with Gasteiger partial charge >= 0.3 is 11.9 Å². The van der Waals surface area contributed by atoms with Crippen LogP contribution in [-0.4, -0.2) is 53.8 Å². The molecule has 80 heavy (non-hydrogen) atoms. The molecule has 24 atom stereocenters. The van der Waals surface area contributed by atoms with Gasteiger partial charge in [-0.1, -0.05) is 110 Å². The summed E-state index contributed by atoms with van der Waals surface area (Å²) >= 11 is 0. The van der Waals surface area contributed by atoms with Crippen molar-refractivity contribution in [2.75, 3.05) is 6.54 Å². The molecule has 0 aromatic rings. The van der Waals surface area contributed by atoms with E-state index in [1.165, 1.54) is 155 Å². The number of hydrogen-bond acceptors (Lipinski definition) is 6. The van der Waals surface area contributed by atoms with Crippen LogP contribution in [0.3, 0.4) is 0 Å². The molecule has 1 heterocycles. The van der Waals surface area contributed by atoms with E-state index >= 15 is 0 Å². The molecule has 1 aliphatic heterocycles. The smallest absolute Gasteiger partial charge is 0.303 e. The number of ether oxygens (including phenoxy) is 3. The molecule has 11 fully saturated rings. The lowest BCUT2D eigenvalue weighted by Crippen LogP contribution is -2.65. The predicted molar refractivity (Wildman–Crippen MR) is 323 cm³/mol. The Morgan fingerprint density at radius 3 is 1.32 bits per heavy atom. The molecule has 11 rings (SSSR count). The molecule has 1 saturated heterocycles. The average molecular weight is 1110 g/mol. The molecule has 0 bridgehead atoms. The van der Waals surface area contributed by atoms with Crippen LogP contribution in [0.25, 0.3) is 0 Å². The van der Waals surface area contributed by atoms with Crippen molar-refractivity contribution in [3.05, 3.63) is 0 Å². The first-order valence-electron chi connectivity index (χ1n) is 34.6. The van der Waals surface area contributed by atoms with E-state index in [1.54, 1.807) is 6.92 Å². The third kappa shape index (κ3) is 8.93. The Kier molecular flexibility index (Phi) is 15.4. The molecule has 10 saturated carbocycles. The van der Waals surface area contributed by atoms with Gasteiger partial charge in [0.25, 0.3) is 0 Å². The largest absolute Gasteiger partial charge is 0.460 e. The van der Waals surface area contributed by atoms with E-state index in [4.69, 9.17) is 14.2 Å². The fourth-order valence-corrected chi connectivity index (χ4v) is 27.8. The zero-order chi connectivity index (χ0) is 57.8. The number of hydrogen-bond donors (Lipinski definition) is 0. The summed E-state index contributed by atoms with van der Waals surface area (Å²) in [4.78, 5) is 41.5. The van der Waals surface area contributed by atoms with Crippen molar-refractivity contribution < 1.29 is 28.6 Å². The minimum Gasteiger partial charge on any atom is -0.460 e. The summed E-state index contributed by atoms with van der Waals surface area (Å²) in [5.41, 5.74) is 4.12.